The van der Waals surface area contributed by atoms with Gasteiger partial charge in [0.05, 0.1) is 11.0 Å². The van der Waals surface area contributed by atoms with E-state index < -0.39 is 11.5 Å². The van der Waals surface area contributed by atoms with Crippen molar-refractivity contribution in [2.75, 3.05) is 0 Å². The first-order valence-corrected chi connectivity index (χ1v) is 7.76. The summed E-state index contributed by atoms with van der Waals surface area (Å²) in [5, 5.41) is 9.18. The summed E-state index contributed by atoms with van der Waals surface area (Å²) in [5.41, 5.74) is 4.04. The second-order valence-corrected chi connectivity index (χ2v) is 6.01. The van der Waals surface area contributed by atoms with Crippen LogP contribution in [0.1, 0.15) is 32.9 Å². The van der Waals surface area contributed by atoms with Crippen molar-refractivity contribution in [2.45, 2.75) is 33.7 Å². The number of carboxylic acid groups (broad SMARTS) is 1. The molecule has 24 heavy (non-hydrogen) atoms. The maximum Gasteiger partial charge on any atom is 0.341 e. The molecule has 2 heterocycles. The summed E-state index contributed by atoms with van der Waals surface area (Å²) in [6, 6.07) is 5.69. The van der Waals surface area contributed by atoms with Crippen LogP contribution in [0.4, 0.5) is 0 Å². The number of aromatic nitrogens is 3. The van der Waals surface area contributed by atoms with Crippen molar-refractivity contribution in [3.63, 3.8) is 0 Å². The molecule has 6 nitrogen and oxygen atoms in total. The first-order valence-electron chi connectivity index (χ1n) is 7.76. The van der Waals surface area contributed by atoms with Gasteiger partial charge in [0.15, 0.2) is 0 Å². The van der Waals surface area contributed by atoms with E-state index >= 15 is 0 Å². The Kier molecular flexibility index (Phi) is 3.97. The minimum absolute atomic E-state index is 0.173. The smallest absolute Gasteiger partial charge is 0.341 e. The van der Waals surface area contributed by atoms with Gasteiger partial charge in [0.2, 0.25) is 0 Å². The van der Waals surface area contributed by atoms with Crippen LogP contribution in [0.2, 0.25) is 0 Å². The summed E-state index contributed by atoms with van der Waals surface area (Å²) in [6.45, 7) is 6.07. The molecule has 1 aromatic carbocycles. The molecule has 6 heteroatoms. The predicted octanol–water partition coefficient (Wildman–Crippen LogP) is 2.59. The number of pyridine rings is 1. The molecule has 0 saturated heterocycles. The number of carboxylic acids is 1. The van der Waals surface area contributed by atoms with Gasteiger partial charge in [-0.3, -0.25) is 4.79 Å². The molecule has 0 bridgehead atoms. The van der Waals surface area contributed by atoms with Crippen molar-refractivity contribution in [1.82, 2.24) is 14.5 Å². The van der Waals surface area contributed by atoms with Crippen LogP contribution in [-0.4, -0.2) is 25.6 Å². The van der Waals surface area contributed by atoms with Crippen molar-refractivity contribution in [2.24, 2.45) is 0 Å². The third kappa shape index (κ3) is 2.71. The molecule has 0 radical (unpaired) electrons. The van der Waals surface area contributed by atoms with Crippen LogP contribution in [-0.2, 0) is 13.0 Å². The fourth-order valence-electron chi connectivity index (χ4n) is 2.81. The maximum atomic E-state index is 12.3. The van der Waals surface area contributed by atoms with Crippen LogP contribution >= 0.6 is 0 Å². The monoisotopic (exact) mass is 325 g/mol. The molecule has 2 N–H and O–H groups in total. The van der Waals surface area contributed by atoms with Gasteiger partial charge in [-0.25, -0.2) is 9.78 Å². The van der Waals surface area contributed by atoms with Crippen LogP contribution in [0, 0.1) is 20.8 Å². The SMILES string of the molecule is Cc1ccn(CCc2nc3c(C)c(C)ccc3[nH]2)c(=O)c1C(=O)O. The molecule has 0 fully saturated rings. The highest BCUT2D eigenvalue weighted by Gasteiger charge is 2.14. The number of nitrogens with zero attached hydrogens (tertiary/aromatic N) is 2. The average Bonchev–Trinajstić information content (AvgIpc) is 2.94. The Morgan fingerprint density at radius 3 is 2.67 bits per heavy atom. The Bertz CT molecular complexity index is 999. The Morgan fingerprint density at radius 2 is 1.96 bits per heavy atom. The number of carbonyl (C=O) groups is 1. The van der Waals surface area contributed by atoms with Crippen LogP contribution in [0.3, 0.4) is 0 Å². The predicted molar refractivity (Wildman–Crippen MR) is 91.7 cm³/mol. The lowest BCUT2D eigenvalue weighted by atomic mass is 10.1. The lowest BCUT2D eigenvalue weighted by Crippen LogP contribution is -2.27. The summed E-state index contributed by atoms with van der Waals surface area (Å²) in [7, 11) is 0. The Balaban J connectivity index is 1.89. The fourth-order valence-corrected chi connectivity index (χ4v) is 2.81. The van der Waals surface area contributed by atoms with E-state index in [1.54, 1.807) is 19.2 Å². The standard InChI is InChI=1S/C18H19N3O3/c1-10-4-5-13-16(12(10)3)20-14(19-13)7-9-21-8-6-11(2)15(17(21)22)18(23)24/h4-6,8H,7,9H2,1-3H3,(H,19,20)(H,23,24). The van der Waals surface area contributed by atoms with E-state index in [0.717, 1.165) is 22.4 Å². The molecule has 0 aliphatic carbocycles. The third-order valence-electron chi connectivity index (χ3n) is 4.40. The number of hydrogen-bond acceptors (Lipinski definition) is 3. The summed E-state index contributed by atoms with van der Waals surface area (Å²) < 4.78 is 1.42. The molecule has 0 saturated carbocycles. The van der Waals surface area contributed by atoms with Crippen LogP contribution in [0.5, 0.6) is 0 Å². The molecule has 0 spiro atoms. The van der Waals surface area contributed by atoms with Gasteiger partial charge < -0.3 is 14.7 Å². The summed E-state index contributed by atoms with van der Waals surface area (Å²) >= 11 is 0. The number of rotatable bonds is 4. The van der Waals surface area contributed by atoms with E-state index in [9.17, 15) is 14.7 Å². The van der Waals surface area contributed by atoms with Gasteiger partial charge in [0.1, 0.15) is 11.4 Å². The Labute approximate surface area is 138 Å². The quantitative estimate of drug-likeness (QED) is 0.772. The first kappa shape index (κ1) is 16.0. The zero-order chi connectivity index (χ0) is 17.4. The van der Waals surface area contributed by atoms with Crippen molar-refractivity contribution in [3.8, 4) is 0 Å². The summed E-state index contributed by atoms with van der Waals surface area (Å²) in [5.74, 6) is -0.412. The number of H-pyrrole nitrogens is 1. The Morgan fingerprint density at radius 1 is 1.21 bits per heavy atom. The lowest BCUT2D eigenvalue weighted by Gasteiger charge is -2.07. The van der Waals surface area contributed by atoms with Gasteiger partial charge in [-0.05, 0) is 49.6 Å². The number of aromatic amines is 1. The highest BCUT2D eigenvalue weighted by atomic mass is 16.4. The van der Waals surface area contributed by atoms with Gasteiger partial charge in [-0.1, -0.05) is 6.07 Å². The zero-order valence-corrected chi connectivity index (χ0v) is 13.9. The highest BCUT2D eigenvalue weighted by Crippen LogP contribution is 2.19. The zero-order valence-electron chi connectivity index (χ0n) is 13.9. The second kappa shape index (κ2) is 5.96. The van der Waals surface area contributed by atoms with E-state index in [1.807, 2.05) is 26.0 Å². The molecular formula is C18H19N3O3. The molecule has 0 unspecified atom stereocenters. The third-order valence-corrected chi connectivity index (χ3v) is 4.40. The van der Waals surface area contributed by atoms with Crippen LogP contribution in [0.25, 0.3) is 11.0 Å². The normalized spacial score (nSPS) is 11.1. The summed E-state index contributed by atoms with van der Waals surface area (Å²) in [6.07, 6.45) is 2.15. The Hall–Kier alpha value is -2.89. The number of nitrogens with one attached hydrogen (secondary N) is 1. The van der Waals surface area contributed by atoms with Gasteiger partial charge >= 0.3 is 5.97 Å². The van der Waals surface area contributed by atoms with Gasteiger partial charge in [-0.15, -0.1) is 0 Å². The molecule has 3 rings (SSSR count). The number of aryl methyl sites for hydroxylation is 5. The molecule has 0 atom stereocenters. The first-order chi connectivity index (χ1) is 11.4. The number of benzene rings is 1. The number of hydrogen-bond donors (Lipinski definition) is 2. The summed E-state index contributed by atoms with van der Waals surface area (Å²) in [4.78, 5) is 31.4. The average molecular weight is 325 g/mol. The van der Waals surface area contributed by atoms with Gasteiger partial charge in [0.25, 0.3) is 5.56 Å². The molecule has 124 valence electrons. The lowest BCUT2D eigenvalue weighted by molar-refractivity contribution is 0.0693. The molecule has 0 aliphatic rings. The minimum Gasteiger partial charge on any atom is -0.477 e. The van der Waals surface area contributed by atoms with E-state index in [2.05, 4.69) is 9.97 Å². The van der Waals surface area contributed by atoms with Crippen molar-refractivity contribution >= 4 is 17.0 Å². The van der Waals surface area contributed by atoms with Crippen molar-refractivity contribution in [1.29, 1.82) is 0 Å². The number of fused-ring (bicyclic) bond motifs is 1. The fraction of sp³-hybridized carbons (Fsp3) is 0.278. The van der Waals surface area contributed by atoms with E-state index in [0.29, 0.717) is 18.5 Å². The second-order valence-electron chi connectivity index (χ2n) is 6.01. The maximum absolute atomic E-state index is 12.3. The molecule has 3 aromatic rings. The largest absolute Gasteiger partial charge is 0.477 e. The van der Waals surface area contributed by atoms with Gasteiger partial charge in [0, 0.05) is 19.2 Å². The molecule has 0 amide bonds. The molecule has 2 aromatic heterocycles. The van der Waals surface area contributed by atoms with Crippen molar-refractivity contribution in [3.05, 3.63) is 62.8 Å². The molecule has 0 aliphatic heterocycles. The highest BCUT2D eigenvalue weighted by molar-refractivity contribution is 5.88. The number of imidazole rings is 1. The minimum atomic E-state index is -1.19. The van der Waals surface area contributed by atoms with E-state index in [1.165, 1.54) is 10.1 Å². The number of aromatic carboxylic acids is 1. The van der Waals surface area contributed by atoms with E-state index in [4.69, 9.17) is 0 Å². The van der Waals surface area contributed by atoms with Gasteiger partial charge in [-0.2, -0.15) is 0 Å². The topological polar surface area (TPSA) is 88.0 Å². The van der Waals surface area contributed by atoms with Crippen LogP contribution in [0.15, 0.2) is 29.2 Å². The van der Waals surface area contributed by atoms with E-state index in [-0.39, 0.29) is 5.56 Å². The van der Waals surface area contributed by atoms with Crippen molar-refractivity contribution < 1.29 is 9.90 Å². The molecular weight excluding hydrogens is 306 g/mol. The van der Waals surface area contributed by atoms with Crippen LogP contribution < -0.4 is 5.56 Å².